The van der Waals surface area contributed by atoms with E-state index in [0.29, 0.717) is 17.9 Å². The third-order valence-corrected chi connectivity index (χ3v) is 5.12. The lowest BCUT2D eigenvalue weighted by atomic mass is 9.85. The molecule has 3 fully saturated rings. The van der Waals surface area contributed by atoms with Crippen LogP contribution in [0.3, 0.4) is 0 Å². The van der Waals surface area contributed by atoms with Gasteiger partial charge in [-0.2, -0.15) is 0 Å². The van der Waals surface area contributed by atoms with Gasteiger partial charge in [0.2, 0.25) is 6.21 Å². The van der Waals surface area contributed by atoms with Crippen LogP contribution in [0.15, 0.2) is 24.3 Å². The first-order chi connectivity index (χ1) is 9.76. The molecule has 0 aromatic heterocycles. The first kappa shape index (κ1) is 11.9. The van der Waals surface area contributed by atoms with Gasteiger partial charge >= 0.3 is 0 Å². The summed E-state index contributed by atoms with van der Waals surface area (Å²) in [7, 11) is 1.67. The molecule has 2 aliphatic carbocycles. The molecule has 1 N–H and O–H groups in total. The number of amides is 1. The lowest BCUT2D eigenvalue weighted by Gasteiger charge is -2.16. The highest BCUT2D eigenvalue weighted by Crippen LogP contribution is 2.51. The number of ether oxygens (including phenoxy) is 1. The number of rotatable bonds is 2. The second kappa shape index (κ2) is 4.33. The van der Waals surface area contributed by atoms with Crippen LogP contribution in [-0.4, -0.2) is 30.0 Å². The molecule has 1 aromatic rings. The van der Waals surface area contributed by atoms with Gasteiger partial charge in [-0.05, 0) is 43.4 Å². The molecule has 0 radical (unpaired) electrons. The summed E-state index contributed by atoms with van der Waals surface area (Å²) in [5.74, 6) is 2.53. The lowest BCUT2D eigenvalue weighted by molar-refractivity contribution is -0.598. The molecule has 0 spiro atoms. The van der Waals surface area contributed by atoms with Crippen molar-refractivity contribution in [3.05, 3.63) is 29.8 Å². The van der Waals surface area contributed by atoms with Crippen LogP contribution in [0.2, 0.25) is 0 Å². The van der Waals surface area contributed by atoms with Crippen molar-refractivity contribution in [2.75, 3.05) is 7.11 Å². The first-order valence-corrected chi connectivity index (χ1v) is 7.34. The summed E-state index contributed by atoms with van der Waals surface area (Å²) in [6.45, 7) is 0. The van der Waals surface area contributed by atoms with Crippen LogP contribution < -0.4 is 10.2 Å². The largest absolute Gasteiger partial charge is 0.497 e. The highest BCUT2D eigenvalue weighted by Gasteiger charge is 2.61. The Balaban J connectivity index is 1.68. The fourth-order valence-electron chi connectivity index (χ4n) is 4.31. The van der Waals surface area contributed by atoms with Gasteiger partial charge in [-0.25, -0.2) is 0 Å². The summed E-state index contributed by atoms with van der Waals surface area (Å²) < 4.78 is 7.30. The van der Waals surface area contributed by atoms with Crippen molar-refractivity contribution in [1.29, 1.82) is 0 Å². The van der Waals surface area contributed by atoms with Gasteiger partial charge < -0.3 is 4.74 Å². The monoisotopic (exact) mass is 271 g/mol. The highest BCUT2D eigenvalue weighted by molar-refractivity contribution is 5.83. The Kier molecular flexibility index (Phi) is 2.59. The van der Waals surface area contributed by atoms with Gasteiger partial charge in [0.1, 0.15) is 11.7 Å². The fraction of sp³-hybridized carbons (Fsp3) is 0.500. The Morgan fingerprint density at radius 3 is 3.05 bits per heavy atom. The Bertz CT molecular complexity index is 596. The number of hydrazine groups is 1. The van der Waals surface area contributed by atoms with Gasteiger partial charge in [0.15, 0.2) is 6.04 Å². The molecular formula is C16H19N2O2+. The molecule has 4 atom stereocenters. The zero-order valence-electron chi connectivity index (χ0n) is 11.6. The summed E-state index contributed by atoms with van der Waals surface area (Å²) >= 11 is 0. The zero-order valence-corrected chi connectivity index (χ0v) is 11.6. The van der Waals surface area contributed by atoms with Crippen molar-refractivity contribution >= 4 is 12.1 Å². The molecule has 4 unspecified atom stereocenters. The number of benzene rings is 1. The number of methoxy groups -OCH3 is 1. The van der Waals surface area contributed by atoms with Crippen molar-refractivity contribution in [3.8, 4) is 5.75 Å². The van der Waals surface area contributed by atoms with Crippen LogP contribution in [0, 0.1) is 17.8 Å². The van der Waals surface area contributed by atoms with E-state index in [-0.39, 0.29) is 11.8 Å². The van der Waals surface area contributed by atoms with Gasteiger partial charge in [0.05, 0.1) is 7.11 Å². The van der Waals surface area contributed by atoms with Crippen LogP contribution in [0.4, 0.5) is 0 Å². The fourth-order valence-corrected chi connectivity index (χ4v) is 4.31. The standard InChI is InChI=1S/C16H18N2O2/c1-20-13-4-2-3-10(7-13)9-18-15-12-6-5-11(8-12)14(15)16(19)17-18/h2-4,7,9,11-12,14-15H,5-6,8H2,1H3/p+1. The number of hydrazone groups is 1. The van der Waals surface area contributed by atoms with E-state index in [9.17, 15) is 4.79 Å². The van der Waals surface area contributed by atoms with E-state index in [1.54, 1.807) is 7.11 Å². The van der Waals surface area contributed by atoms with Gasteiger partial charge in [0, 0.05) is 11.5 Å². The molecule has 1 amide bonds. The predicted molar refractivity (Wildman–Crippen MR) is 74.7 cm³/mol. The molecule has 1 aromatic carbocycles. The predicted octanol–water partition coefficient (Wildman–Crippen LogP) is 1.59. The number of carbonyl (C=O) groups excluding carboxylic acids is 1. The molecule has 4 heteroatoms. The average molecular weight is 271 g/mol. The van der Waals surface area contributed by atoms with Crippen molar-refractivity contribution < 1.29 is 14.2 Å². The molecule has 1 saturated heterocycles. The minimum Gasteiger partial charge on any atom is -0.497 e. The first-order valence-electron chi connectivity index (χ1n) is 7.34. The third-order valence-electron chi connectivity index (χ3n) is 5.12. The number of hydrogen-bond acceptors (Lipinski definition) is 2. The van der Waals surface area contributed by atoms with E-state index in [0.717, 1.165) is 11.3 Å². The minimum absolute atomic E-state index is 0.204. The maximum absolute atomic E-state index is 12.2. The molecule has 4 nitrogen and oxygen atoms in total. The average Bonchev–Trinajstić information content (AvgIpc) is 3.14. The summed E-state index contributed by atoms with van der Waals surface area (Å²) in [6.07, 6.45) is 5.77. The maximum atomic E-state index is 12.2. The van der Waals surface area contributed by atoms with E-state index in [2.05, 4.69) is 5.43 Å². The molecule has 104 valence electrons. The molecule has 2 saturated carbocycles. The molecule has 1 heterocycles. The smallest absolute Gasteiger partial charge is 0.284 e. The third kappa shape index (κ3) is 1.67. The second-order valence-corrected chi connectivity index (χ2v) is 6.14. The Morgan fingerprint density at radius 2 is 2.20 bits per heavy atom. The number of nitrogens with zero attached hydrogens (tertiary/aromatic N) is 1. The molecule has 3 aliphatic rings. The molecule has 2 bridgehead atoms. The number of carbonyl (C=O) groups is 1. The Morgan fingerprint density at radius 1 is 1.35 bits per heavy atom. The van der Waals surface area contributed by atoms with Gasteiger partial charge in [-0.15, -0.1) is 10.1 Å². The topological polar surface area (TPSA) is 41.3 Å². The van der Waals surface area contributed by atoms with Crippen molar-refractivity contribution in [3.63, 3.8) is 0 Å². The molecule has 4 rings (SSSR count). The minimum atomic E-state index is 0.204. The van der Waals surface area contributed by atoms with Crippen molar-refractivity contribution in [2.45, 2.75) is 25.3 Å². The van der Waals surface area contributed by atoms with E-state index in [1.165, 1.54) is 19.3 Å². The van der Waals surface area contributed by atoms with Crippen molar-refractivity contribution in [2.24, 2.45) is 17.8 Å². The normalized spacial score (nSPS) is 36.2. The summed E-state index contributed by atoms with van der Waals surface area (Å²) in [5, 5.41) is 0. The molecule has 20 heavy (non-hydrogen) atoms. The number of nitrogens with one attached hydrogen (secondary N) is 1. The van der Waals surface area contributed by atoms with E-state index in [1.807, 2.05) is 35.2 Å². The van der Waals surface area contributed by atoms with E-state index < -0.39 is 0 Å². The van der Waals surface area contributed by atoms with Crippen LogP contribution in [0.5, 0.6) is 5.75 Å². The van der Waals surface area contributed by atoms with E-state index in [4.69, 9.17) is 4.74 Å². The maximum Gasteiger partial charge on any atom is 0.284 e. The number of fused-ring (bicyclic) bond motifs is 5. The van der Waals surface area contributed by atoms with Crippen LogP contribution in [0.25, 0.3) is 0 Å². The van der Waals surface area contributed by atoms with Crippen LogP contribution in [0.1, 0.15) is 24.8 Å². The summed E-state index contributed by atoms with van der Waals surface area (Å²) in [5.41, 5.74) is 4.10. The summed E-state index contributed by atoms with van der Waals surface area (Å²) in [6, 6.07) is 8.29. The Hall–Kier alpha value is -1.84. The molecule has 1 aliphatic heterocycles. The van der Waals surface area contributed by atoms with Gasteiger partial charge in [-0.1, -0.05) is 6.07 Å². The lowest BCUT2D eigenvalue weighted by Crippen LogP contribution is -2.34. The molecular weight excluding hydrogens is 252 g/mol. The SMILES string of the molecule is COc1cccc(C=[N+]2NC(=O)C3C4CCC(C4)C32)c1. The highest BCUT2D eigenvalue weighted by atomic mass is 16.5. The van der Waals surface area contributed by atoms with Crippen molar-refractivity contribution in [1.82, 2.24) is 5.43 Å². The van der Waals surface area contributed by atoms with Gasteiger partial charge in [-0.3, -0.25) is 4.79 Å². The van der Waals surface area contributed by atoms with Gasteiger partial charge in [0.25, 0.3) is 5.91 Å². The van der Waals surface area contributed by atoms with Crippen LogP contribution in [-0.2, 0) is 4.79 Å². The quantitative estimate of drug-likeness (QED) is 0.830. The second-order valence-electron chi connectivity index (χ2n) is 6.14. The van der Waals surface area contributed by atoms with Crippen LogP contribution >= 0.6 is 0 Å². The Labute approximate surface area is 118 Å². The summed E-state index contributed by atoms with van der Waals surface area (Å²) in [4.78, 5) is 12.2. The van der Waals surface area contributed by atoms with E-state index >= 15 is 0 Å². The number of hydrogen-bond donors (Lipinski definition) is 1. The zero-order chi connectivity index (χ0) is 13.7.